The Labute approximate surface area is 106 Å². The van der Waals surface area contributed by atoms with Crippen molar-refractivity contribution in [2.75, 3.05) is 0 Å². The van der Waals surface area contributed by atoms with Crippen LogP contribution in [0.25, 0.3) is 22.4 Å². The van der Waals surface area contributed by atoms with Crippen LogP contribution in [-0.4, -0.2) is 21.2 Å². The van der Waals surface area contributed by atoms with E-state index < -0.39 is 5.97 Å². The molecule has 0 spiro atoms. The van der Waals surface area contributed by atoms with Crippen LogP contribution in [0.3, 0.4) is 0 Å². The molecule has 0 saturated carbocycles. The summed E-state index contributed by atoms with van der Waals surface area (Å²) in [6.07, 6.45) is 1.17. The molecule has 18 heavy (non-hydrogen) atoms. The molecule has 0 atom stereocenters. The molecule has 0 aliphatic carbocycles. The van der Waals surface area contributed by atoms with E-state index >= 15 is 0 Å². The van der Waals surface area contributed by atoms with Gasteiger partial charge in [-0.15, -0.1) is 0 Å². The highest BCUT2D eigenvalue weighted by Gasteiger charge is 2.18. The topological polar surface area (TPSA) is 79.1 Å². The molecule has 2 N–H and O–H groups in total. The molecule has 1 aromatic carbocycles. The number of benzene rings is 1. The zero-order valence-electron chi connectivity index (χ0n) is 8.98. The van der Waals surface area contributed by atoms with E-state index in [1.165, 1.54) is 6.20 Å². The normalized spacial score (nSPS) is 10.9. The summed E-state index contributed by atoms with van der Waals surface area (Å²) in [5, 5.41) is 13.9. The number of carboxylic acid groups (broad SMARTS) is 1. The number of H-pyrrole nitrogens is 1. The number of aromatic amines is 1. The van der Waals surface area contributed by atoms with Crippen LogP contribution in [-0.2, 0) is 0 Å². The molecule has 3 aromatic rings. The number of hydrogen-bond donors (Lipinski definition) is 2. The molecule has 2 aromatic heterocycles. The lowest BCUT2D eigenvalue weighted by Gasteiger charge is -1.92. The predicted octanol–water partition coefficient (Wildman–Crippen LogP) is 3.17. The Morgan fingerprint density at radius 2 is 2.28 bits per heavy atom. The van der Waals surface area contributed by atoms with Crippen LogP contribution in [0.15, 0.2) is 35.0 Å². The Bertz CT molecular complexity index is 745. The summed E-state index contributed by atoms with van der Waals surface area (Å²) >= 11 is 6.05. The summed E-state index contributed by atoms with van der Waals surface area (Å²) in [5.74, 6) is -0.897. The molecule has 6 heteroatoms. The van der Waals surface area contributed by atoms with Crippen LogP contribution < -0.4 is 0 Å². The average molecular weight is 263 g/mol. The maximum absolute atomic E-state index is 11.0. The quantitative estimate of drug-likeness (QED) is 0.743. The molecule has 3 rings (SSSR count). The second kappa shape index (κ2) is 3.89. The molecule has 0 saturated heterocycles. The first kappa shape index (κ1) is 10.9. The fourth-order valence-electron chi connectivity index (χ4n) is 1.83. The van der Waals surface area contributed by atoms with E-state index in [1.807, 2.05) is 12.1 Å². The summed E-state index contributed by atoms with van der Waals surface area (Å²) in [6, 6.07) is 7.16. The predicted molar refractivity (Wildman–Crippen MR) is 65.8 cm³/mol. The molecular formula is C12H7ClN2O3. The molecule has 0 aliphatic heterocycles. The zero-order valence-corrected chi connectivity index (χ0v) is 9.73. The van der Waals surface area contributed by atoms with Gasteiger partial charge in [-0.2, -0.15) is 0 Å². The van der Waals surface area contributed by atoms with Gasteiger partial charge in [-0.3, -0.25) is 0 Å². The van der Waals surface area contributed by atoms with Gasteiger partial charge in [-0.25, -0.2) is 4.79 Å². The molecule has 5 nitrogen and oxygen atoms in total. The zero-order chi connectivity index (χ0) is 12.7. The Balaban J connectivity index is 2.23. The molecule has 90 valence electrons. The third kappa shape index (κ3) is 1.56. The monoisotopic (exact) mass is 262 g/mol. The van der Waals surface area contributed by atoms with Crippen molar-refractivity contribution in [2.45, 2.75) is 0 Å². The van der Waals surface area contributed by atoms with Gasteiger partial charge in [-0.1, -0.05) is 22.8 Å². The SMILES string of the molecule is O=C(O)c1cnoc1-c1cc2c(Cl)cccc2[nH]1. The van der Waals surface area contributed by atoms with Crippen LogP contribution in [0, 0.1) is 0 Å². The standard InChI is InChI=1S/C12H7ClN2O3/c13-8-2-1-3-9-6(8)4-10(15-9)11-7(12(16)17)5-14-18-11/h1-5,15H,(H,16,17). The summed E-state index contributed by atoms with van der Waals surface area (Å²) < 4.78 is 4.98. The molecule has 0 fully saturated rings. The Hall–Kier alpha value is -2.27. The Kier molecular flexibility index (Phi) is 2.34. The first-order valence-corrected chi connectivity index (χ1v) is 5.50. The van der Waals surface area contributed by atoms with Gasteiger partial charge >= 0.3 is 5.97 Å². The van der Waals surface area contributed by atoms with Gasteiger partial charge in [0.1, 0.15) is 5.56 Å². The van der Waals surface area contributed by atoms with E-state index in [9.17, 15) is 4.79 Å². The van der Waals surface area contributed by atoms with Gasteiger partial charge in [-0.05, 0) is 18.2 Å². The van der Waals surface area contributed by atoms with Crippen molar-refractivity contribution in [1.82, 2.24) is 10.1 Å². The highest BCUT2D eigenvalue weighted by molar-refractivity contribution is 6.35. The number of rotatable bonds is 2. The first-order valence-electron chi connectivity index (χ1n) is 5.12. The second-order valence-electron chi connectivity index (χ2n) is 3.76. The van der Waals surface area contributed by atoms with E-state index in [2.05, 4.69) is 10.1 Å². The van der Waals surface area contributed by atoms with Crippen molar-refractivity contribution < 1.29 is 14.4 Å². The first-order chi connectivity index (χ1) is 8.66. The number of nitrogens with one attached hydrogen (secondary N) is 1. The van der Waals surface area contributed by atoms with Gasteiger partial charge in [0.15, 0.2) is 5.76 Å². The van der Waals surface area contributed by atoms with Crippen molar-refractivity contribution in [2.24, 2.45) is 0 Å². The van der Waals surface area contributed by atoms with Gasteiger partial charge < -0.3 is 14.6 Å². The largest absolute Gasteiger partial charge is 0.477 e. The Morgan fingerprint density at radius 3 is 3.00 bits per heavy atom. The summed E-state index contributed by atoms with van der Waals surface area (Å²) in [4.78, 5) is 14.1. The van der Waals surface area contributed by atoms with Crippen molar-refractivity contribution in [3.8, 4) is 11.5 Å². The number of aromatic carboxylic acids is 1. The van der Waals surface area contributed by atoms with Gasteiger partial charge in [0.05, 0.1) is 11.9 Å². The molecule has 2 heterocycles. The number of nitrogens with zero attached hydrogens (tertiary/aromatic N) is 1. The summed E-state index contributed by atoms with van der Waals surface area (Å²) in [7, 11) is 0. The van der Waals surface area contributed by atoms with E-state index in [1.54, 1.807) is 12.1 Å². The van der Waals surface area contributed by atoms with E-state index in [4.69, 9.17) is 21.2 Å². The van der Waals surface area contributed by atoms with E-state index in [-0.39, 0.29) is 11.3 Å². The maximum atomic E-state index is 11.0. The highest BCUT2D eigenvalue weighted by atomic mass is 35.5. The number of hydrogen-bond acceptors (Lipinski definition) is 3. The van der Waals surface area contributed by atoms with Crippen LogP contribution >= 0.6 is 11.6 Å². The fraction of sp³-hybridized carbons (Fsp3) is 0. The molecule has 0 radical (unpaired) electrons. The van der Waals surface area contributed by atoms with Crippen molar-refractivity contribution >= 4 is 28.5 Å². The molecular weight excluding hydrogens is 256 g/mol. The third-order valence-electron chi connectivity index (χ3n) is 2.66. The fourth-order valence-corrected chi connectivity index (χ4v) is 2.06. The van der Waals surface area contributed by atoms with Crippen molar-refractivity contribution in [3.63, 3.8) is 0 Å². The van der Waals surface area contributed by atoms with Crippen molar-refractivity contribution in [3.05, 3.63) is 41.0 Å². The second-order valence-corrected chi connectivity index (χ2v) is 4.17. The van der Waals surface area contributed by atoms with Crippen LogP contribution in [0.5, 0.6) is 0 Å². The van der Waals surface area contributed by atoms with Gasteiger partial charge in [0, 0.05) is 15.9 Å². The Morgan fingerprint density at radius 1 is 1.44 bits per heavy atom. The van der Waals surface area contributed by atoms with Crippen LogP contribution in [0.4, 0.5) is 0 Å². The number of aromatic nitrogens is 2. The highest BCUT2D eigenvalue weighted by Crippen LogP contribution is 2.30. The molecule has 0 unspecified atom stereocenters. The van der Waals surface area contributed by atoms with E-state index in [0.717, 1.165) is 10.9 Å². The lowest BCUT2D eigenvalue weighted by Crippen LogP contribution is -1.95. The maximum Gasteiger partial charge on any atom is 0.341 e. The van der Waals surface area contributed by atoms with Crippen LogP contribution in [0.1, 0.15) is 10.4 Å². The van der Waals surface area contributed by atoms with Crippen LogP contribution in [0.2, 0.25) is 5.02 Å². The third-order valence-corrected chi connectivity index (χ3v) is 2.99. The minimum absolute atomic E-state index is 0.0117. The number of carbonyl (C=O) groups is 1. The molecule has 0 amide bonds. The number of halogens is 1. The smallest absolute Gasteiger partial charge is 0.341 e. The number of fused-ring (bicyclic) bond motifs is 1. The average Bonchev–Trinajstić information content (AvgIpc) is 2.95. The minimum Gasteiger partial charge on any atom is -0.477 e. The lowest BCUT2D eigenvalue weighted by molar-refractivity contribution is 0.0697. The van der Waals surface area contributed by atoms with Crippen molar-refractivity contribution in [1.29, 1.82) is 0 Å². The lowest BCUT2D eigenvalue weighted by atomic mass is 10.2. The molecule has 0 aliphatic rings. The minimum atomic E-state index is -1.09. The van der Waals surface area contributed by atoms with Gasteiger partial charge in [0.2, 0.25) is 0 Å². The van der Waals surface area contributed by atoms with E-state index in [0.29, 0.717) is 10.7 Å². The van der Waals surface area contributed by atoms with Gasteiger partial charge in [0.25, 0.3) is 0 Å². The summed E-state index contributed by atoms with van der Waals surface area (Å²) in [5.41, 5.74) is 1.36. The molecule has 0 bridgehead atoms. The number of carboxylic acids is 1. The summed E-state index contributed by atoms with van der Waals surface area (Å²) in [6.45, 7) is 0.